The van der Waals surface area contributed by atoms with E-state index < -0.39 is 6.04 Å². The van der Waals surface area contributed by atoms with Gasteiger partial charge in [0, 0.05) is 22.3 Å². The van der Waals surface area contributed by atoms with E-state index in [-0.39, 0.29) is 23.9 Å². The molecule has 2 saturated carbocycles. The SMILES string of the molecule is Cc1ccsc1C(C(=O)NC1CCCCC1)N(C(=O)c1csnn1)C1CCCC1. The highest BCUT2D eigenvalue weighted by molar-refractivity contribution is 7.10. The molecule has 0 aliphatic heterocycles. The summed E-state index contributed by atoms with van der Waals surface area (Å²) >= 11 is 2.73. The van der Waals surface area contributed by atoms with Crippen molar-refractivity contribution in [1.29, 1.82) is 0 Å². The summed E-state index contributed by atoms with van der Waals surface area (Å²) in [6.07, 6.45) is 9.64. The number of aryl methyl sites for hydroxylation is 1. The van der Waals surface area contributed by atoms with Gasteiger partial charge in [-0.2, -0.15) is 0 Å². The molecule has 29 heavy (non-hydrogen) atoms. The third kappa shape index (κ3) is 4.53. The lowest BCUT2D eigenvalue weighted by atomic mass is 9.95. The van der Waals surface area contributed by atoms with Crippen LogP contribution in [0.2, 0.25) is 0 Å². The number of amides is 2. The molecular weight excluding hydrogens is 404 g/mol. The fourth-order valence-electron chi connectivity index (χ4n) is 4.63. The van der Waals surface area contributed by atoms with Gasteiger partial charge in [-0.05, 0) is 61.1 Å². The molecule has 2 heterocycles. The van der Waals surface area contributed by atoms with Crippen molar-refractivity contribution in [3.8, 4) is 0 Å². The van der Waals surface area contributed by atoms with Gasteiger partial charge in [0.25, 0.3) is 5.91 Å². The first-order valence-corrected chi connectivity index (χ1v) is 12.3. The van der Waals surface area contributed by atoms with Crippen LogP contribution in [0, 0.1) is 6.92 Å². The fraction of sp³-hybridized carbons (Fsp3) is 0.619. The molecule has 0 radical (unpaired) electrons. The Hall–Kier alpha value is -1.80. The molecule has 0 spiro atoms. The van der Waals surface area contributed by atoms with E-state index in [1.165, 1.54) is 18.0 Å². The van der Waals surface area contributed by atoms with Gasteiger partial charge in [0.05, 0.1) is 0 Å². The van der Waals surface area contributed by atoms with E-state index in [1.807, 2.05) is 23.3 Å². The number of aromatic nitrogens is 2. The Bertz CT molecular complexity index is 824. The summed E-state index contributed by atoms with van der Waals surface area (Å²) < 4.78 is 3.88. The number of rotatable bonds is 6. The standard InChI is InChI=1S/C21H28N4O2S2/c1-14-11-12-28-19(14)18(20(26)22-15-7-3-2-4-8-15)25(16-9-5-6-10-16)21(27)17-13-29-24-23-17/h11-13,15-16,18H,2-10H2,1H3,(H,22,26). The summed E-state index contributed by atoms with van der Waals surface area (Å²) in [5.41, 5.74) is 1.40. The lowest BCUT2D eigenvalue weighted by Gasteiger charge is -2.36. The molecule has 1 N–H and O–H groups in total. The highest BCUT2D eigenvalue weighted by atomic mass is 32.1. The van der Waals surface area contributed by atoms with Crippen LogP contribution in [0.5, 0.6) is 0 Å². The zero-order valence-corrected chi connectivity index (χ0v) is 18.4. The Balaban J connectivity index is 1.68. The molecule has 2 amide bonds. The van der Waals surface area contributed by atoms with E-state index in [9.17, 15) is 9.59 Å². The Morgan fingerprint density at radius 3 is 2.48 bits per heavy atom. The van der Waals surface area contributed by atoms with Crippen molar-refractivity contribution in [3.63, 3.8) is 0 Å². The monoisotopic (exact) mass is 432 g/mol. The van der Waals surface area contributed by atoms with Crippen LogP contribution in [-0.4, -0.2) is 38.4 Å². The topological polar surface area (TPSA) is 75.2 Å². The van der Waals surface area contributed by atoms with Crippen molar-refractivity contribution < 1.29 is 9.59 Å². The van der Waals surface area contributed by atoms with Crippen molar-refractivity contribution in [2.45, 2.75) is 82.8 Å². The summed E-state index contributed by atoms with van der Waals surface area (Å²) in [6.45, 7) is 2.02. The highest BCUT2D eigenvalue weighted by Crippen LogP contribution is 2.36. The number of carbonyl (C=O) groups is 2. The highest BCUT2D eigenvalue weighted by Gasteiger charge is 2.40. The first-order valence-electron chi connectivity index (χ1n) is 10.6. The normalized spacial score (nSPS) is 19.2. The molecule has 156 valence electrons. The van der Waals surface area contributed by atoms with Crippen LogP contribution < -0.4 is 5.32 Å². The van der Waals surface area contributed by atoms with Crippen LogP contribution in [0.15, 0.2) is 16.8 Å². The van der Waals surface area contributed by atoms with Crippen molar-refractivity contribution in [1.82, 2.24) is 19.8 Å². The predicted molar refractivity (Wildman–Crippen MR) is 115 cm³/mol. The van der Waals surface area contributed by atoms with Crippen molar-refractivity contribution in [2.75, 3.05) is 0 Å². The molecule has 0 saturated heterocycles. The largest absolute Gasteiger partial charge is 0.351 e. The molecule has 8 heteroatoms. The Morgan fingerprint density at radius 1 is 1.14 bits per heavy atom. The molecule has 2 fully saturated rings. The molecule has 1 atom stereocenters. The third-order valence-corrected chi connectivity index (χ3v) is 7.74. The molecule has 2 aromatic heterocycles. The Labute approximate surface area is 179 Å². The predicted octanol–water partition coefficient (Wildman–Crippen LogP) is 4.48. The third-order valence-electron chi connectivity index (χ3n) is 6.16. The minimum Gasteiger partial charge on any atom is -0.351 e. The van der Waals surface area contributed by atoms with Gasteiger partial charge >= 0.3 is 0 Å². The Morgan fingerprint density at radius 2 is 1.86 bits per heavy atom. The van der Waals surface area contributed by atoms with Gasteiger partial charge in [0.1, 0.15) is 6.04 Å². The Kier molecular flexibility index (Phi) is 6.60. The van der Waals surface area contributed by atoms with Crippen LogP contribution in [0.4, 0.5) is 0 Å². The van der Waals surface area contributed by atoms with Crippen LogP contribution in [-0.2, 0) is 4.79 Å². The fourth-order valence-corrected chi connectivity index (χ4v) is 6.08. The quantitative estimate of drug-likeness (QED) is 0.730. The van der Waals surface area contributed by atoms with E-state index in [0.717, 1.165) is 61.8 Å². The number of nitrogens with zero attached hydrogens (tertiary/aromatic N) is 3. The van der Waals surface area contributed by atoms with E-state index in [1.54, 1.807) is 16.7 Å². The second-order valence-corrected chi connectivity index (χ2v) is 9.71. The number of hydrogen-bond acceptors (Lipinski definition) is 6. The zero-order valence-electron chi connectivity index (χ0n) is 16.8. The summed E-state index contributed by atoms with van der Waals surface area (Å²) in [6, 6.07) is 1.70. The molecular formula is C21H28N4O2S2. The molecule has 4 rings (SSSR count). The molecule has 0 bridgehead atoms. The number of hydrogen-bond donors (Lipinski definition) is 1. The van der Waals surface area contributed by atoms with E-state index in [0.29, 0.717) is 5.69 Å². The lowest BCUT2D eigenvalue weighted by Crippen LogP contribution is -2.50. The second-order valence-electron chi connectivity index (χ2n) is 8.15. The van der Waals surface area contributed by atoms with Gasteiger partial charge in [0.2, 0.25) is 5.91 Å². The summed E-state index contributed by atoms with van der Waals surface area (Å²) in [4.78, 5) is 29.9. The molecule has 2 aliphatic carbocycles. The molecule has 1 unspecified atom stereocenters. The maximum atomic E-state index is 13.6. The van der Waals surface area contributed by atoms with Crippen molar-refractivity contribution >= 4 is 34.7 Å². The minimum atomic E-state index is -0.603. The zero-order chi connectivity index (χ0) is 20.2. The summed E-state index contributed by atoms with van der Waals surface area (Å²) in [5.74, 6) is -0.229. The van der Waals surface area contributed by atoms with Crippen LogP contribution in [0.3, 0.4) is 0 Å². The van der Waals surface area contributed by atoms with E-state index >= 15 is 0 Å². The number of thiophene rings is 1. The number of nitrogens with one attached hydrogen (secondary N) is 1. The van der Waals surface area contributed by atoms with E-state index in [4.69, 9.17) is 0 Å². The van der Waals surface area contributed by atoms with Gasteiger partial charge in [-0.1, -0.05) is 36.6 Å². The smallest absolute Gasteiger partial charge is 0.276 e. The van der Waals surface area contributed by atoms with Crippen molar-refractivity contribution in [2.24, 2.45) is 0 Å². The molecule has 2 aliphatic rings. The summed E-state index contributed by atoms with van der Waals surface area (Å²) in [5, 5.41) is 11.0. The maximum Gasteiger partial charge on any atom is 0.276 e. The van der Waals surface area contributed by atoms with Crippen LogP contribution in [0.25, 0.3) is 0 Å². The second kappa shape index (κ2) is 9.34. The first kappa shape index (κ1) is 20.5. The minimum absolute atomic E-state index is 0.0501. The van der Waals surface area contributed by atoms with Gasteiger partial charge in [-0.15, -0.1) is 16.4 Å². The first-order chi connectivity index (χ1) is 14.1. The average Bonchev–Trinajstić information content (AvgIpc) is 3.49. The molecule has 2 aromatic rings. The van der Waals surface area contributed by atoms with Crippen LogP contribution in [0.1, 0.15) is 84.8 Å². The van der Waals surface area contributed by atoms with Gasteiger partial charge in [-0.3, -0.25) is 9.59 Å². The van der Waals surface area contributed by atoms with Gasteiger partial charge < -0.3 is 10.2 Å². The summed E-state index contributed by atoms with van der Waals surface area (Å²) in [7, 11) is 0. The van der Waals surface area contributed by atoms with Gasteiger partial charge in [-0.25, -0.2) is 0 Å². The van der Waals surface area contributed by atoms with E-state index in [2.05, 4.69) is 14.9 Å². The lowest BCUT2D eigenvalue weighted by molar-refractivity contribution is -0.127. The average molecular weight is 433 g/mol. The molecule has 0 aromatic carbocycles. The molecule has 6 nitrogen and oxygen atoms in total. The number of carbonyl (C=O) groups excluding carboxylic acids is 2. The van der Waals surface area contributed by atoms with Crippen molar-refractivity contribution in [3.05, 3.63) is 33.0 Å². The van der Waals surface area contributed by atoms with Gasteiger partial charge in [0.15, 0.2) is 5.69 Å². The maximum absolute atomic E-state index is 13.6. The van der Waals surface area contributed by atoms with Crippen LogP contribution >= 0.6 is 22.9 Å².